The van der Waals surface area contributed by atoms with Crippen LogP contribution in [0.25, 0.3) is 0 Å². The van der Waals surface area contributed by atoms with Gasteiger partial charge in [-0.1, -0.05) is 0 Å². The standard InChI is InChI=1S/C13H19N5/c14-7-10-1-3-11(4-2-10)9-16-13-12(8-15)5-6-17-18-13/h5-6,10-11H,1-4,7,9,14H2,(H,16,18). The first-order valence-electron chi connectivity index (χ1n) is 6.49. The maximum atomic E-state index is 8.95. The van der Waals surface area contributed by atoms with Crippen molar-refractivity contribution in [3.63, 3.8) is 0 Å². The largest absolute Gasteiger partial charge is 0.367 e. The third-order valence-electron chi connectivity index (χ3n) is 3.70. The van der Waals surface area contributed by atoms with Crippen LogP contribution in [0.2, 0.25) is 0 Å². The quantitative estimate of drug-likeness (QED) is 0.839. The van der Waals surface area contributed by atoms with Crippen molar-refractivity contribution < 1.29 is 0 Å². The van der Waals surface area contributed by atoms with E-state index in [2.05, 4.69) is 21.6 Å². The van der Waals surface area contributed by atoms with Crippen molar-refractivity contribution in [1.82, 2.24) is 10.2 Å². The molecule has 1 heterocycles. The molecule has 5 nitrogen and oxygen atoms in total. The molecule has 1 aromatic rings. The number of nitrogens with two attached hydrogens (primary N) is 1. The molecular weight excluding hydrogens is 226 g/mol. The Morgan fingerprint density at radius 3 is 2.72 bits per heavy atom. The zero-order chi connectivity index (χ0) is 12.8. The molecule has 0 aliphatic heterocycles. The first kappa shape index (κ1) is 12.8. The van der Waals surface area contributed by atoms with Gasteiger partial charge in [-0.3, -0.25) is 0 Å². The number of nitriles is 1. The zero-order valence-corrected chi connectivity index (χ0v) is 10.5. The van der Waals surface area contributed by atoms with Crippen molar-refractivity contribution in [1.29, 1.82) is 5.26 Å². The Bertz CT molecular complexity index is 418. The van der Waals surface area contributed by atoms with Gasteiger partial charge in [-0.25, -0.2) is 0 Å². The first-order valence-corrected chi connectivity index (χ1v) is 6.49. The summed E-state index contributed by atoms with van der Waals surface area (Å²) >= 11 is 0. The van der Waals surface area contributed by atoms with Crippen LogP contribution in [-0.2, 0) is 0 Å². The number of hydrogen-bond donors (Lipinski definition) is 2. The van der Waals surface area contributed by atoms with Gasteiger partial charge in [0.05, 0.1) is 11.8 Å². The summed E-state index contributed by atoms with van der Waals surface area (Å²) in [6.07, 6.45) is 6.38. The van der Waals surface area contributed by atoms with E-state index >= 15 is 0 Å². The zero-order valence-electron chi connectivity index (χ0n) is 10.5. The fraction of sp³-hybridized carbons (Fsp3) is 0.615. The molecule has 3 N–H and O–H groups in total. The van der Waals surface area contributed by atoms with E-state index in [1.807, 2.05) is 0 Å². The van der Waals surface area contributed by atoms with E-state index in [9.17, 15) is 0 Å². The molecule has 5 heteroatoms. The lowest BCUT2D eigenvalue weighted by Gasteiger charge is -2.27. The van der Waals surface area contributed by atoms with Gasteiger partial charge in [0, 0.05) is 6.54 Å². The smallest absolute Gasteiger partial charge is 0.166 e. The molecule has 0 saturated heterocycles. The summed E-state index contributed by atoms with van der Waals surface area (Å²) < 4.78 is 0. The minimum absolute atomic E-state index is 0.556. The van der Waals surface area contributed by atoms with Crippen molar-refractivity contribution in [2.24, 2.45) is 17.6 Å². The third kappa shape index (κ3) is 3.17. The van der Waals surface area contributed by atoms with Gasteiger partial charge in [0.1, 0.15) is 6.07 Å². The fourth-order valence-corrected chi connectivity index (χ4v) is 2.46. The molecule has 1 aromatic heterocycles. The van der Waals surface area contributed by atoms with Crippen molar-refractivity contribution in [3.8, 4) is 6.07 Å². The van der Waals surface area contributed by atoms with Gasteiger partial charge >= 0.3 is 0 Å². The normalized spacial score (nSPS) is 23.3. The Morgan fingerprint density at radius 2 is 2.06 bits per heavy atom. The molecule has 0 spiro atoms. The molecule has 0 aromatic carbocycles. The van der Waals surface area contributed by atoms with Gasteiger partial charge in [-0.2, -0.15) is 10.4 Å². The topological polar surface area (TPSA) is 87.6 Å². The monoisotopic (exact) mass is 245 g/mol. The highest BCUT2D eigenvalue weighted by molar-refractivity contribution is 5.50. The highest BCUT2D eigenvalue weighted by Crippen LogP contribution is 2.28. The maximum Gasteiger partial charge on any atom is 0.166 e. The highest BCUT2D eigenvalue weighted by atomic mass is 15.2. The Labute approximate surface area is 107 Å². The van der Waals surface area contributed by atoms with Crippen LogP contribution in [0.5, 0.6) is 0 Å². The van der Waals surface area contributed by atoms with Crippen molar-refractivity contribution in [3.05, 3.63) is 17.8 Å². The van der Waals surface area contributed by atoms with Crippen LogP contribution in [0.4, 0.5) is 5.82 Å². The Balaban J connectivity index is 1.84. The van der Waals surface area contributed by atoms with Gasteiger partial charge < -0.3 is 11.1 Å². The van der Waals surface area contributed by atoms with Crippen LogP contribution >= 0.6 is 0 Å². The van der Waals surface area contributed by atoms with Crippen molar-refractivity contribution in [2.75, 3.05) is 18.4 Å². The lowest BCUT2D eigenvalue weighted by atomic mass is 9.82. The second-order valence-corrected chi connectivity index (χ2v) is 4.91. The van der Waals surface area contributed by atoms with Crippen LogP contribution < -0.4 is 11.1 Å². The van der Waals surface area contributed by atoms with Gasteiger partial charge in [0.15, 0.2) is 5.82 Å². The number of nitrogens with zero attached hydrogens (tertiary/aromatic N) is 3. The van der Waals surface area contributed by atoms with Crippen LogP contribution in [-0.4, -0.2) is 23.3 Å². The van der Waals surface area contributed by atoms with E-state index in [-0.39, 0.29) is 0 Å². The van der Waals surface area contributed by atoms with Gasteiger partial charge in [0.2, 0.25) is 0 Å². The molecule has 0 unspecified atom stereocenters. The molecular formula is C13H19N5. The molecule has 1 aliphatic carbocycles. The summed E-state index contributed by atoms with van der Waals surface area (Å²) in [6.45, 7) is 1.67. The third-order valence-corrected chi connectivity index (χ3v) is 3.70. The Morgan fingerprint density at radius 1 is 1.33 bits per heavy atom. The summed E-state index contributed by atoms with van der Waals surface area (Å²) in [5.41, 5.74) is 6.24. The molecule has 0 amide bonds. The maximum absolute atomic E-state index is 8.95. The molecule has 1 fully saturated rings. The number of nitrogens with one attached hydrogen (secondary N) is 1. The Kier molecular flexibility index (Phi) is 4.48. The average Bonchev–Trinajstić information content (AvgIpc) is 2.46. The first-order chi connectivity index (χ1) is 8.83. The summed E-state index contributed by atoms with van der Waals surface area (Å²) in [5, 5.41) is 20.0. The predicted molar refractivity (Wildman–Crippen MR) is 69.7 cm³/mol. The molecule has 18 heavy (non-hydrogen) atoms. The minimum atomic E-state index is 0.556. The van der Waals surface area contributed by atoms with E-state index in [0.717, 1.165) is 13.1 Å². The fourth-order valence-electron chi connectivity index (χ4n) is 2.46. The van der Waals surface area contributed by atoms with Crippen molar-refractivity contribution in [2.45, 2.75) is 25.7 Å². The van der Waals surface area contributed by atoms with E-state index in [0.29, 0.717) is 23.2 Å². The van der Waals surface area contributed by atoms with E-state index in [1.54, 1.807) is 6.07 Å². The van der Waals surface area contributed by atoms with Crippen LogP contribution in [0, 0.1) is 23.2 Å². The summed E-state index contributed by atoms with van der Waals surface area (Å²) in [4.78, 5) is 0. The summed E-state index contributed by atoms with van der Waals surface area (Å²) in [5.74, 6) is 1.95. The summed E-state index contributed by atoms with van der Waals surface area (Å²) in [7, 11) is 0. The second kappa shape index (κ2) is 6.31. The number of rotatable bonds is 4. The molecule has 96 valence electrons. The lowest BCUT2D eigenvalue weighted by molar-refractivity contribution is 0.289. The molecule has 1 aliphatic rings. The van der Waals surface area contributed by atoms with Crippen LogP contribution in [0.1, 0.15) is 31.2 Å². The molecule has 2 rings (SSSR count). The van der Waals surface area contributed by atoms with E-state index in [4.69, 9.17) is 11.0 Å². The predicted octanol–water partition coefficient (Wildman–Crippen LogP) is 1.53. The van der Waals surface area contributed by atoms with Crippen molar-refractivity contribution >= 4 is 5.82 Å². The molecule has 0 radical (unpaired) electrons. The van der Waals surface area contributed by atoms with Gasteiger partial charge in [0.25, 0.3) is 0 Å². The minimum Gasteiger partial charge on any atom is -0.367 e. The van der Waals surface area contributed by atoms with E-state index in [1.165, 1.54) is 31.9 Å². The summed E-state index contributed by atoms with van der Waals surface area (Å²) in [6, 6.07) is 3.80. The molecule has 0 bridgehead atoms. The Hall–Kier alpha value is -1.67. The second-order valence-electron chi connectivity index (χ2n) is 4.91. The van der Waals surface area contributed by atoms with Gasteiger partial charge in [-0.05, 0) is 50.1 Å². The van der Waals surface area contributed by atoms with Crippen LogP contribution in [0.3, 0.4) is 0 Å². The molecule has 0 atom stereocenters. The molecule has 1 saturated carbocycles. The number of aromatic nitrogens is 2. The number of hydrogen-bond acceptors (Lipinski definition) is 5. The van der Waals surface area contributed by atoms with Crippen LogP contribution in [0.15, 0.2) is 12.3 Å². The lowest BCUT2D eigenvalue weighted by Crippen LogP contribution is -2.25. The number of anilines is 1. The van der Waals surface area contributed by atoms with Gasteiger partial charge in [-0.15, -0.1) is 5.10 Å². The van der Waals surface area contributed by atoms with E-state index < -0.39 is 0 Å². The average molecular weight is 245 g/mol. The SMILES string of the molecule is N#Cc1ccnnc1NCC1CCC(CN)CC1. The highest BCUT2D eigenvalue weighted by Gasteiger charge is 2.20.